The normalized spacial score (nSPS) is 10.8. The van der Waals surface area contributed by atoms with Crippen LogP contribution in [0.3, 0.4) is 0 Å². The van der Waals surface area contributed by atoms with Crippen molar-refractivity contribution in [2.24, 2.45) is 0 Å². The molecule has 0 unspecified atom stereocenters. The lowest BCUT2D eigenvalue weighted by atomic mass is 9.98. The maximum Gasteiger partial charge on any atom is 0.104 e. The maximum absolute atomic E-state index is 5.75. The van der Waals surface area contributed by atoms with Crippen LogP contribution in [0.25, 0.3) is 0 Å². The highest BCUT2D eigenvalue weighted by atomic mass is 15.4. The van der Waals surface area contributed by atoms with Crippen molar-refractivity contribution in [3.05, 3.63) is 72.1 Å². The highest BCUT2D eigenvalue weighted by Crippen LogP contribution is 2.27. The van der Waals surface area contributed by atoms with E-state index >= 15 is 0 Å². The molecule has 0 aliphatic heterocycles. The van der Waals surface area contributed by atoms with Gasteiger partial charge in [-0.25, -0.2) is 4.68 Å². The van der Waals surface area contributed by atoms with Crippen molar-refractivity contribution < 1.29 is 0 Å². The van der Waals surface area contributed by atoms with Gasteiger partial charge in [0.25, 0.3) is 0 Å². The highest BCUT2D eigenvalue weighted by Gasteiger charge is 2.16. The van der Waals surface area contributed by atoms with E-state index in [-0.39, 0.29) is 6.04 Å². The van der Waals surface area contributed by atoms with E-state index in [9.17, 15) is 0 Å². The minimum absolute atomic E-state index is 0.0429. The molecule has 5 heteroatoms. The van der Waals surface area contributed by atoms with Gasteiger partial charge < -0.3 is 11.5 Å². The molecule has 4 N–H and O–H groups in total. The monoisotopic (exact) mass is 265 g/mol. The molecule has 0 fully saturated rings. The molecule has 1 aromatic heterocycles. The van der Waals surface area contributed by atoms with E-state index < -0.39 is 0 Å². The first kappa shape index (κ1) is 12.2. The molecule has 0 atom stereocenters. The van der Waals surface area contributed by atoms with Gasteiger partial charge in [0.2, 0.25) is 0 Å². The molecular weight excluding hydrogens is 250 g/mol. The lowest BCUT2D eigenvalue weighted by Crippen LogP contribution is -2.13. The molecule has 3 rings (SSSR count). The molecule has 2 aromatic carbocycles. The summed E-state index contributed by atoms with van der Waals surface area (Å²) in [6.45, 7) is 0. The molecule has 20 heavy (non-hydrogen) atoms. The molecule has 0 amide bonds. The van der Waals surface area contributed by atoms with Crippen molar-refractivity contribution in [3.63, 3.8) is 0 Å². The molecule has 0 aliphatic rings. The molecule has 1 heterocycles. The SMILES string of the molecule is Nc1ccc(C(c2ccc(N)cc2)n2ccnn2)cc1. The van der Waals surface area contributed by atoms with E-state index in [1.807, 2.05) is 59.4 Å². The summed E-state index contributed by atoms with van der Waals surface area (Å²) in [5.41, 5.74) is 15.2. The molecule has 100 valence electrons. The van der Waals surface area contributed by atoms with Gasteiger partial charge in [-0.1, -0.05) is 29.5 Å². The third-order valence-corrected chi connectivity index (χ3v) is 3.21. The van der Waals surface area contributed by atoms with Gasteiger partial charge in [0.1, 0.15) is 6.04 Å². The Labute approximate surface area is 116 Å². The summed E-state index contributed by atoms with van der Waals surface area (Å²) in [5.74, 6) is 0. The van der Waals surface area contributed by atoms with E-state index in [2.05, 4.69) is 10.3 Å². The molecule has 0 aliphatic carbocycles. The van der Waals surface area contributed by atoms with Gasteiger partial charge in [0.05, 0.1) is 6.20 Å². The van der Waals surface area contributed by atoms with Crippen LogP contribution < -0.4 is 11.5 Å². The lowest BCUT2D eigenvalue weighted by molar-refractivity contribution is 0.571. The third kappa shape index (κ3) is 2.33. The van der Waals surface area contributed by atoms with Crippen LogP contribution in [0.15, 0.2) is 60.9 Å². The first-order chi connectivity index (χ1) is 9.74. The molecule has 0 radical (unpaired) electrons. The van der Waals surface area contributed by atoms with E-state index in [1.165, 1.54) is 0 Å². The minimum atomic E-state index is -0.0429. The Morgan fingerprint density at radius 3 is 1.70 bits per heavy atom. The quantitative estimate of drug-likeness (QED) is 0.710. The fraction of sp³-hybridized carbons (Fsp3) is 0.0667. The van der Waals surface area contributed by atoms with Gasteiger partial charge in [0.15, 0.2) is 0 Å². The van der Waals surface area contributed by atoms with Crippen LogP contribution in [0, 0.1) is 0 Å². The topological polar surface area (TPSA) is 82.8 Å². The van der Waals surface area contributed by atoms with Gasteiger partial charge in [-0.3, -0.25) is 0 Å². The number of anilines is 2. The van der Waals surface area contributed by atoms with Gasteiger partial charge in [-0.2, -0.15) is 0 Å². The Kier molecular flexibility index (Phi) is 3.09. The fourth-order valence-electron chi connectivity index (χ4n) is 2.21. The minimum Gasteiger partial charge on any atom is -0.399 e. The molecular formula is C15H15N5. The van der Waals surface area contributed by atoms with Gasteiger partial charge in [0, 0.05) is 17.6 Å². The highest BCUT2D eigenvalue weighted by molar-refractivity contribution is 5.45. The van der Waals surface area contributed by atoms with Crippen LogP contribution in [-0.2, 0) is 0 Å². The number of nitrogens with zero attached hydrogens (tertiary/aromatic N) is 3. The largest absolute Gasteiger partial charge is 0.399 e. The summed E-state index contributed by atoms with van der Waals surface area (Å²) in [4.78, 5) is 0. The number of nitrogen functional groups attached to an aromatic ring is 2. The second-order valence-electron chi connectivity index (χ2n) is 4.62. The second kappa shape index (κ2) is 5.05. The lowest BCUT2D eigenvalue weighted by Gasteiger charge is -2.18. The molecule has 3 aromatic rings. The van der Waals surface area contributed by atoms with Gasteiger partial charge in [-0.15, -0.1) is 5.10 Å². The zero-order chi connectivity index (χ0) is 13.9. The number of aromatic nitrogens is 3. The van der Waals surface area contributed by atoms with Crippen LogP contribution in [0.2, 0.25) is 0 Å². The first-order valence-electron chi connectivity index (χ1n) is 6.31. The summed E-state index contributed by atoms with van der Waals surface area (Å²) in [6.07, 6.45) is 3.51. The Morgan fingerprint density at radius 2 is 1.30 bits per heavy atom. The maximum atomic E-state index is 5.75. The van der Waals surface area contributed by atoms with E-state index in [1.54, 1.807) is 6.20 Å². The summed E-state index contributed by atoms with van der Waals surface area (Å²) in [6, 6.07) is 15.5. The molecule has 5 nitrogen and oxygen atoms in total. The van der Waals surface area contributed by atoms with Crippen molar-refractivity contribution in [2.75, 3.05) is 11.5 Å². The van der Waals surface area contributed by atoms with Crippen LogP contribution in [0.1, 0.15) is 17.2 Å². The Hall–Kier alpha value is -2.82. The van der Waals surface area contributed by atoms with Gasteiger partial charge >= 0.3 is 0 Å². The molecule has 0 spiro atoms. The third-order valence-electron chi connectivity index (χ3n) is 3.21. The molecule has 0 bridgehead atoms. The van der Waals surface area contributed by atoms with Crippen molar-refractivity contribution in [2.45, 2.75) is 6.04 Å². The van der Waals surface area contributed by atoms with Crippen LogP contribution >= 0.6 is 0 Å². The number of hydrogen-bond donors (Lipinski definition) is 2. The second-order valence-corrected chi connectivity index (χ2v) is 4.62. The summed E-state index contributed by atoms with van der Waals surface area (Å²) in [7, 11) is 0. The predicted molar refractivity (Wildman–Crippen MR) is 79.0 cm³/mol. The van der Waals surface area contributed by atoms with Crippen molar-refractivity contribution in [1.82, 2.24) is 15.0 Å². The predicted octanol–water partition coefficient (Wildman–Crippen LogP) is 2.08. The standard InChI is InChI=1S/C15H15N5/c16-13-5-1-11(2-6-13)15(20-10-9-18-19-20)12-3-7-14(17)8-4-12/h1-10,15H,16-17H2. The number of benzene rings is 2. The summed E-state index contributed by atoms with van der Waals surface area (Å²) < 4.78 is 1.82. The van der Waals surface area contributed by atoms with E-state index in [0.717, 1.165) is 22.5 Å². The van der Waals surface area contributed by atoms with E-state index in [4.69, 9.17) is 11.5 Å². The van der Waals surface area contributed by atoms with Crippen molar-refractivity contribution >= 4 is 11.4 Å². The van der Waals surface area contributed by atoms with Gasteiger partial charge in [-0.05, 0) is 35.4 Å². The van der Waals surface area contributed by atoms with Crippen LogP contribution in [-0.4, -0.2) is 15.0 Å². The fourth-order valence-corrected chi connectivity index (χ4v) is 2.21. The Bertz CT molecular complexity index is 626. The van der Waals surface area contributed by atoms with Crippen molar-refractivity contribution in [3.8, 4) is 0 Å². The Morgan fingerprint density at radius 1 is 0.800 bits per heavy atom. The molecule has 0 saturated heterocycles. The zero-order valence-electron chi connectivity index (χ0n) is 10.8. The van der Waals surface area contributed by atoms with Crippen LogP contribution in [0.4, 0.5) is 11.4 Å². The molecule has 0 saturated carbocycles. The van der Waals surface area contributed by atoms with Crippen molar-refractivity contribution in [1.29, 1.82) is 0 Å². The van der Waals surface area contributed by atoms with E-state index in [0.29, 0.717) is 0 Å². The summed E-state index contributed by atoms with van der Waals surface area (Å²) in [5, 5.41) is 8.01. The summed E-state index contributed by atoms with van der Waals surface area (Å²) >= 11 is 0. The zero-order valence-corrected chi connectivity index (χ0v) is 10.8. The Balaban J connectivity index is 2.09. The number of rotatable bonds is 3. The number of hydrogen-bond acceptors (Lipinski definition) is 4. The smallest absolute Gasteiger partial charge is 0.104 e. The average Bonchev–Trinajstić information content (AvgIpc) is 2.97. The van der Waals surface area contributed by atoms with Crippen LogP contribution in [0.5, 0.6) is 0 Å². The number of nitrogens with two attached hydrogens (primary N) is 2. The average molecular weight is 265 g/mol. The first-order valence-corrected chi connectivity index (χ1v) is 6.31.